The Morgan fingerprint density at radius 2 is 1.66 bits per heavy atom. The van der Waals surface area contributed by atoms with Gasteiger partial charge in [-0.2, -0.15) is 0 Å². The van der Waals surface area contributed by atoms with E-state index in [2.05, 4.69) is 5.32 Å². The Morgan fingerprint density at radius 3 is 2.38 bits per heavy atom. The molecule has 3 N–H and O–H groups in total. The van der Waals surface area contributed by atoms with Gasteiger partial charge in [0.2, 0.25) is 0 Å². The third-order valence-corrected chi connectivity index (χ3v) is 4.79. The Bertz CT molecular complexity index is 1020. The van der Waals surface area contributed by atoms with Crippen LogP contribution in [0, 0.1) is 0 Å². The molecule has 0 saturated carbocycles. The summed E-state index contributed by atoms with van der Waals surface area (Å²) in [5.41, 5.74) is 8.54. The zero-order valence-corrected chi connectivity index (χ0v) is 15.7. The first-order valence-electron chi connectivity index (χ1n) is 9.33. The lowest BCUT2D eigenvalue weighted by Gasteiger charge is -2.38. The van der Waals surface area contributed by atoms with Crippen molar-refractivity contribution in [2.75, 3.05) is 11.9 Å². The van der Waals surface area contributed by atoms with Crippen LogP contribution in [0.5, 0.6) is 5.75 Å². The number of hydrogen-bond acceptors (Lipinski definition) is 4. The van der Waals surface area contributed by atoms with Crippen molar-refractivity contribution < 1.29 is 14.3 Å². The van der Waals surface area contributed by atoms with Crippen molar-refractivity contribution in [1.82, 2.24) is 4.90 Å². The smallest absolute Gasteiger partial charge is 0.258 e. The lowest BCUT2D eigenvalue weighted by atomic mass is 10.0. The summed E-state index contributed by atoms with van der Waals surface area (Å²) in [6, 6.07) is 24.7. The molecule has 0 aromatic heterocycles. The molecule has 6 nitrogen and oxygen atoms in total. The van der Waals surface area contributed by atoms with Gasteiger partial charge in [0.15, 0.2) is 6.61 Å². The third kappa shape index (κ3) is 4.06. The summed E-state index contributed by atoms with van der Waals surface area (Å²) in [7, 11) is 0. The number of para-hydroxylation sites is 1. The number of ether oxygens (including phenoxy) is 1. The van der Waals surface area contributed by atoms with E-state index in [9.17, 15) is 9.59 Å². The van der Waals surface area contributed by atoms with Crippen molar-refractivity contribution in [1.29, 1.82) is 0 Å². The first kappa shape index (κ1) is 18.6. The molecule has 3 aromatic rings. The van der Waals surface area contributed by atoms with Gasteiger partial charge in [0.05, 0.1) is 5.56 Å². The number of rotatable bonds is 6. The van der Waals surface area contributed by atoms with Crippen LogP contribution in [0.25, 0.3) is 0 Å². The molecule has 0 saturated heterocycles. The Morgan fingerprint density at radius 1 is 0.966 bits per heavy atom. The number of carbonyl (C=O) groups excluding carboxylic acids is 2. The number of amides is 2. The fraction of sp³-hybridized carbons (Fsp3) is 0.130. The summed E-state index contributed by atoms with van der Waals surface area (Å²) in [5.74, 6) is -0.00813. The second-order valence-corrected chi connectivity index (χ2v) is 6.84. The molecule has 0 unspecified atom stereocenters. The number of benzene rings is 3. The molecule has 1 heterocycles. The minimum absolute atomic E-state index is 0.0257. The monoisotopic (exact) mass is 387 g/mol. The average Bonchev–Trinajstić information content (AvgIpc) is 2.75. The van der Waals surface area contributed by atoms with Crippen LogP contribution in [0.4, 0.5) is 5.69 Å². The summed E-state index contributed by atoms with van der Waals surface area (Å²) >= 11 is 0. The zero-order chi connectivity index (χ0) is 20.2. The fourth-order valence-corrected chi connectivity index (χ4v) is 3.40. The van der Waals surface area contributed by atoms with E-state index < -0.39 is 5.91 Å². The van der Waals surface area contributed by atoms with E-state index in [-0.39, 0.29) is 18.7 Å². The van der Waals surface area contributed by atoms with Gasteiger partial charge in [0, 0.05) is 12.2 Å². The molecule has 0 radical (unpaired) electrons. The van der Waals surface area contributed by atoms with Crippen LogP contribution in [-0.2, 0) is 11.3 Å². The second kappa shape index (κ2) is 8.06. The van der Waals surface area contributed by atoms with E-state index in [4.69, 9.17) is 10.5 Å². The second-order valence-electron chi connectivity index (χ2n) is 6.84. The molecule has 146 valence electrons. The standard InChI is InChI=1S/C23H21N3O3/c24-21(27)15-29-18-12-10-17(11-13-18)22-25-20-9-5-4-8-19(20)23(28)26(22)14-16-6-2-1-3-7-16/h1-13,22,25H,14-15H2,(H2,24,27)/t22-/m1/s1. The van der Waals surface area contributed by atoms with Crippen molar-refractivity contribution in [3.63, 3.8) is 0 Å². The summed E-state index contributed by atoms with van der Waals surface area (Å²) in [6.07, 6.45) is -0.331. The molecule has 4 rings (SSSR count). The van der Waals surface area contributed by atoms with Gasteiger partial charge >= 0.3 is 0 Å². The fourth-order valence-electron chi connectivity index (χ4n) is 3.40. The van der Waals surface area contributed by atoms with Crippen LogP contribution < -0.4 is 15.8 Å². The van der Waals surface area contributed by atoms with Gasteiger partial charge in [-0.05, 0) is 35.4 Å². The number of hydrogen-bond donors (Lipinski definition) is 2. The van der Waals surface area contributed by atoms with Crippen LogP contribution in [-0.4, -0.2) is 23.3 Å². The summed E-state index contributed by atoms with van der Waals surface area (Å²) in [5, 5.41) is 3.47. The van der Waals surface area contributed by atoms with Gasteiger partial charge in [0.25, 0.3) is 11.8 Å². The molecule has 6 heteroatoms. The van der Waals surface area contributed by atoms with E-state index in [0.717, 1.165) is 16.8 Å². The van der Waals surface area contributed by atoms with E-state index in [1.165, 1.54) is 0 Å². The van der Waals surface area contributed by atoms with Crippen LogP contribution in [0.1, 0.15) is 27.7 Å². The average molecular weight is 387 g/mol. The molecule has 0 aliphatic carbocycles. The van der Waals surface area contributed by atoms with Crippen LogP contribution in [0.15, 0.2) is 78.9 Å². The molecular weight excluding hydrogens is 366 g/mol. The summed E-state index contributed by atoms with van der Waals surface area (Å²) < 4.78 is 5.33. The van der Waals surface area contributed by atoms with E-state index in [1.807, 2.05) is 71.6 Å². The Kier molecular flexibility index (Phi) is 5.16. The van der Waals surface area contributed by atoms with Crippen molar-refractivity contribution in [2.24, 2.45) is 5.73 Å². The minimum atomic E-state index is -0.528. The Balaban J connectivity index is 1.65. The number of carbonyl (C=O) groups is 2. The van der Waals surface area contributed by atoms with Crippen LogP contribution >= 0.6 is 0 Å². The normalized spacial score (nSPS) is 15.4. The van der Waals surface area contributed by atoms with Gasteiger partial charge in [-0.25, -0.2) is 0 Å². The van der Waals surface area contributed by atoms with Gasteiger partial charge in [-0.1, -0.05) is 54.6 Å². The summed E-state index contributed by atoms with van der Waals surface area (Å²) in [6.45, 7) is 0.304. The van der Waals surface area contributed by atoms with Gasteiger partial charge in [-0.3, -0.25) is 9.59 Å². The SMILES string of the molecule is NC(=O)COc1ccc([C@@H]2Nc3ccccc3C(=O)N2Cc2ccccc2)cc1. The Labute approximate surface area is 168 Å². The largest absolute Gasteiger partial charge is 0.484 e. The first-order valence-corrected chi connectivity index (χ1v) is 9.33. The van der Waals surface area contributed by atoms with Crippen molar-refractivity contribution in [3.8, 4) is 5.75 Å². The predicted molar refractivity (Wildman–Crippen MR) is 110 cm³/mol. The quantitative estimate of drug-likeness (QED) is 0.680. The molecule has 1 aliphatic heterocycles. The van der Waals surface area contributed by atoms with Crippen LogP contribution in [0.3, 0.4) is 0 Å². The minimum Gasteiger partial charge on any atom is -0.484 e. The highest BCUT2D eigenvalue weighted by atomic mass is 16.5. The maximum Gasteiger partial charge on any atom is 0.258 e. The van der Waals surface area contributed by atoms with E-state index in [1.54, 1.807) is 12.1 Å². The molecule has 29 heavy (non-hydrogen) atoms. The molecule has 0 bridgehead atoms. The molecule has 1 atom stereocenters. The van der Waals surface area contributed by atoms with E-state index in [0.29, 0.717) is 17.9 Å². The molecule has 1 aliphatic rings. The number of fused-ring (bicyclic) bond motifs is 1. The van der Waals surface area contributed by atoms with Crippen molar-refractivity contribution in [2.45, 2.75) is 12.7 Å². The first-order chi connectivity index (χ1) is 14.1. The van der Waals surface area contributed by atoms with Crippen LogP contribution in [0.2, 0.25) is 0 Å². The lowest BCUT2D eigenvalue weighted by molar-refractivity contribution is -0.119. The summed E-state index contributed by atoms with van der Waals surface area (Å²) in [4.78, 5) is 26.0. The van der Waals surface area contributed by atoms with Crippen molar-refractivity contribution >= 4 is 17.5 Å². The predicted octanol–water partition coefficient (Wildman–Crippen LogP) is 3.32. The topological polar surface area (TPSA) is 84.7 Å². The highest BCUT2D eigenvalue weighted by Gasteiger charge is 2.32. The van der Waals surface area contributed by atoms with Gasteiger partial charge in [-0.15, -0.1) is 0 Å². The number of nitrogens with one attached hydrogen (secondary N) is 1. The van der Waals surface area contributed by atoms with Crippen molar-refractivity contribution in [3.05, 3.63) is 95.6 Å². The van der Waals surface area contributed by atoms with Gasteiger partial charge in [0.1, 0.15) is 11.9 Å². The lowest BCUT2D eigenvalue weighted by Crippen LogP contribution is -2.42. The Hall–Kier alpha value is -3.80. The van der Waals surface area contributed by atoms with E-state index >= 15 is 0 Å². The number of nitrogens with zero attached hydrogens (tertiary/aromatic N) is 1. The number of primary amides is 1. The zero-order valence-electron chi connectivity index (χ0n) is 15.7. The highest BCUT2D eigenvalue weighted by molar-refractivity contribution is 6.01. The highest BCUT2D eigenvalue weighted by Crippen LogP contribution is 2.34. The molecule has 0 spiro atoms. The maximum absolute atomic E-state index is 13.3. The molecule has 2 amide bonds. The molecule has 0 fully saturated rings. The molecular formula is C23H21N3O3. The number of nitrogens with two attached hydrogens (primary N) is 1. The third-order valence-electron chi connectivity index (χ3n) is 4.79. The number of anilines is 1. The van der Waals surface area contributed by atoms with Gasteiger partial charge < -0.3 is 20.7 Å². The maximum atomic E-state index is 13.3. The molecule has 3 aromatic carbocycles.